The number of halogens is 1. The number of rotatable bonds is 1. The molecule has 70 valence electrons. The molecular weight excluding hydrogens is 267 g/mol. The zero-order valence-electron chi connectivity index (χ0n) is 7.09. The summed E-state index contributed by atoms with van der Waals surface area (Å²) in [7, 11) is 0. The van der Waals surface area contributed by atoms with Crippen LogP contribution in [0.15, 0.2) is 0 Å². The van der Waals surface area contributed by atoms with Crippen molar-refractivity contribution in [3.8, 4) is 0 Å². The molecule has 3 rings (SSSR count). The van der Waals surface area contributed by atoms with Gasteiger partial charge in [0.1, 0.15) is 0 Å². The predicted molar refractivity (Wildman–Crippen MR) is 55.1 cm³/mol. The number of aliphatic hydroxyl groups is 2. The lowest BCUT2D eigenvalue weighted by Gasteiger charge is -2.51. The second kappa shape index (κ2) is 2.82. The largest absolute Gasteiger partial charge is 0.368 e. The van der Waals surface area contributed by atoms with Gasteiger partial charge in [-0.1, -0.05) is 22.6 Å². The van der Waals surface area contributed by atoms with Gasteiger partial charge in [-0.05, 0) is 38.5 Å². The minimum absolute atomic E-state index is 0.132. The van der Waals surface area contributed by atoms with Crippen LogP contribution in [0.25, 0.3) is 0 Å². The molecule has 2 N–H and O–H groups in total. The summed E-state index contributed by atoms with van der Waals surface area (Å²) in [5, 5.41) is 18.6. The molecule has 0 spiro atoms. The van der Waals surface area contributed by atoms with E-state index < -0.39 is 6.29 Å². The standard InChI is InChI=1S/C9H15IO2/c10-9-4-1-8(2-5-9,3-6-9)7(11)12/h7,11-12H,1-6H2. The lowest BCUT2D eigenvalue weighted by molar-refractivity contribution is -0.166. The average Bonchev–Trinajstić information content (AvgIpc) is 2.06. The van der Waals surface area contributed by atoms with Crippen molar-refractivity contribution in [2.24, 2.45) is 5.41 Å². The van der Waals surface area contributed by atoms with Crippen molar-refractivity contribution >= 4 is 22.6 Å². The molecule has 0 aliphatic heterocycles. The highest BCUT2D eigenvalue weighted by molar-refractivity contribution is 14.1. The normalized spacial score (nSPS) is 47.0. The lowest BCUT2D eigenvalue weighted by Crippen LogP contribution is -2.48. The Morgan fingerprint density at radius 2 is 1.33 bits per heavy atom. The first-order valence-corrected chi connectivity index (χ1v) is 5.69. The third-order valence-electron chi connectivity index (χ3n) is 3.76. The quantitative estimate of drug-likeness (QED) is 0.437. The molecule has 0 heterocycles. The van der Waals surface area contributed by atoms with Crippen LogP contribution >= 0.6 is 22.6 Å². The Bertz CT molecular complexity index is 166. The van der Waals surface area contributed by atoms with Crippen molar-refractivity contribution in [3.05, 3.63) is 0 Å². The van der Waals surface area contributed by atoms with E-state index in [0.29, 0.717) is 3.42 Å². The Hall–Kier alpha value is 0.650. The molecule has 0 radical (unpaired) electrons. The van der Waals surface area contributed by atoms with Crippen LogP contribution in [0.2, 0.25) is 0 Å². The fraction of sp³-hybridized carbons (Fsp3) is 1.00. The van der Waals surface area contributed by atoms with Gasteiger partial charge in [0.2, 0.25) is 0 Å². The van der Waals surface area contributed by atoms with Crippen LogP contribution in [0.4, 0.5) is 0 Å². The van der Waals surface area contributed by atoms with Gasteiger partial charge >= 0.3 is 0 Å². The van der Waals surface area contributed by atoms with Crippen molar-refractivity contribution in [1.82, 2.24) is 0 Å². The van der Waals surface area contributed by atoms with E-state index >= 15 is 0 Å². The van der Waals surface area contributed by atoms with E-state index in [4.69, 9.17) is 0 Å². The molecule has 3 heteroatoms. The van der Waals surface area contributed by atoms with Gasteiger partial charge in [0.25, 0.3) is 0 Å². The van der Waals surface area contributed by atoms with Crippen molar-refractivity contribution in [1.29, 1.82) is 0 Å². The fourth-order valence-electron chi connectivity index (χ4n) is 2.56. The molecule has 3 fully saturated rings. The first-order chi connectivity index (χ1) is 5.56. The van der Waals surface area contributed by atoms with Gasteiger partial charge in [-0.25, -0.2) is 0 Å². The van der Waals surface area contributed by atoms with E-state index in [1.54, 1.807) is 0 Å². The first kappa shape index (κ1) is 9.21. The lowest BCUT2D eigenvalue weighted by atomic mass is 9.60. The molecule has 0 aromatic heterocycles. The van der Waals surface area contributed by atoms with Gasteiger partial charge in [-0.15, -0.1) is 0 Å². The maximum atomic E-state index is 9.29. The van der Waals surface area contributed by atoms with E-state index in [1.165, 1.54) is 19.3 Å². The van der Waals surface area contributed by atoms with E-state index in [2.05, 4.69) is 22.6 Å². The van der Waals surface area contributed by atoms with Crippen LogP contribution in [-0.2, 0) is 0 Å². The van der Waals surface area contributed by atoms with Crippen LogP contribution in [-0.4, -0.2) is 19.9 Å². The van der Waals surface area contributed by atoms with E-state index in [-0.39, 0.29) is 5.41 Å². The van der Waals surface area contributed by atoms with Gasteiger partial charge in [-0.3, -0.25) is 0 Å². The number of alkyl halides is 1. The Balaban J connectivity index is 2.14. The van der Waals surface area contributed by atoms with Crippen molar-refractivity contribution < 1.29 is 10.2 Å². The molecule has 0 unspecified atom stereocenters. The molecule has 12 heavy (non-hydrogen) atoms. The number of fused-ring (bicyclic) bond motifs is 3. The average molecular weight is 282 g/mol. The molecule has 3 saturated carbocycles. The monoisotopic (exact) mass is 282 g/mol. The Kier molecular flexibility index (Phi) is 2.16. The molecule has 3 aliphatic rings. The highest BCUT2D eigenvalue weighted by atomic mass is 127. The number of hydrogen-bond acceptors (Lipinski definition) is 2. The van der Waals surface area contributed by atoms with Crippen molar-refractivity contribution in [3.63, 3.8) is 0 Å². The summed E-state index contributed by atoms with van der Waals surface area (Å²) in [6.07, 6.45) is 5.45. The van der Waals surface area contributed by atoms with Crippen LogP contribution in [0, 0.1) is 5.41 Å². The second-order valence-corrected chi connectivity index (χ2v) is 6.68. The SMILES string of the molecule is OC(O)C12CCC(I)(CC1)CC2. The van der Waals surface area contributed by atoms with E-state index in [1.807, 2.05) is 0 Å². The number of hydrogen-bond donors (Lipinski definition) is 2. The van der Waals surface area contributed by atoms with E-state index in [9.17, 15) is 10.2 Å². The summed E-state index contributed by atoms with van der Waals surface area (Å²) in [5.74, 6) is 0. The predicted octanol–water partition coefficient (Wildman–Crippen LogP) is 1.83. The zero-order chi connectivity index (χ0) is 8.82. The molecule has 2 bridgehead atoms. The Morgan fingerprint density at radius 1 is 0.917 bits per heavy atom. The number of aliphatic hydroxyl groups excluding tert-OH is 1. The molecule has 0 aromatic carbocycles. The van der Waals surface area contributed by atoms with Crippen LogP contribution in [0.5, 0.6) is 0 Å². The Morgan fingerprint density at radius 3 is 1.67 bits per heavy atom. The van der Waals surface area contributed by atoms with Gasteiger partial charge in [0.05, 0.1) is 0 Å². The third-order valence-corrected chi connectivity index (χ3v) is 5.38. The van der Waals surface area contributed by atoms with E-state index in [0.717, 1.165) is 19.3 Å². The molecular formula is C9H15IO2. The van der Waals surface area contributed by atoms with Gasteiger partial charge < -0.3 is 10.2 Å². The highest BCUT2D eigenvalue weighted by Crippen LogP contribution is 2.57. The minimum Gasteiger partial charge on any atom is -0.368 e. The molecule has 2 nitrogen and oxygen atoms in total. The maximum Gasteiger partial charge on any atom is 0.157 e. The Labute approximate surface area is 86.5 Å². The summed E-state index contributed by atoms with van der Waals surface area (Å²) < 4.78 is 0.494. The summed E-state index contributed by atoms with van der Waals surface area (Å²) in [6, 6.07) is 0. The zero-order valence-corrected chi connectivity index (χ0v) is 9.25. The molecule has 0 saturated heterocycles. The molecule has 0 atom stereocenters. The first-order valence-electron chi connectivity index (χ1n) is 4.62. The maximum absolute atomic E-state index is 9.29. The molecule has 3 aliphatic carbocycles. The minimum atomic E-state index is -1.08. The van der Waals surface area contributed by atoms with Crippen molar-refractivity contribution in [2.45, 2.75) is 48.2 Å². The fourth-order valence-corrected chi connectivity index (χ4v) is 3.37. The third kappa shape index (κ3) is 1.30. The highest BCUT2D eigenvalue weighted by Gasteiger charge is 2.50. The molecule has 0 aromatic rings. The van der Waals surface area contributed by atoms with Gasteiger partial charge in [0, 0.05) is 8.84 Å². The summed E-state index contributed by atoms with van der Waals surface area (Å²) in [6.45, 7) is 0. The van der Waals surface area contributed by atoms with Crippen LogP contribution < -0.4 is 0 Å². The summed E-state index contributed by atoms with van der Waals surface area (Å²) >= 11 is 2.56. The van der Waals surface area contributed by atoms with Gasteiger partial charge in [-0.2, -0.15) is 0 Å². The smallest absolute Gasteiger partial charge is 0.157 e. The van der Waals surface area contributed by atoms with Crippen LogP contribution in [0.3, 0.4) is 0 Å². The second-order valence-electron chi connectivity index (χ2n) is 4.39. The van der Waals surface area contributed by atoms with Crippen LogP contribution in [0.1, 0.15) is 38.5 Å². The summed E-state index contributed by atoms with van der Waals surface area (Å²) in [5.41, 5.74) is -0.132. The summed E-state index contributed by atoms with van der Waals surface area (Å²) in [4.78, 5) is 0. The van der Waals surface area contributed by atoms with Crippen molar-refractivity contribution in [2.75, 3.05) is 0 Å². The molecule has 0 amide bonds. The van der Waals surface area contributed by atoms with Gasteiger partial charge in [0.15, 0.2) is 6.29 Å². The topological polar surface area (TPSA) is 40.5 Å².